The first-order chi connectivity index (χ1) is 9.38. The second-order valence-electron chi connectivity index (χ2n) is 4.38. The number of halogens is 2. The van der Waals surface area contributed by atoms with Crippen LogP contribution in [0, 0.1) is 18.6 Å². The number of rotatable bonds is 3. The number of aryl methyl sites for hydroxylation is 1. The van der Waals surface area contributed by atoms with Crippen molar-refractivity contribution in [1.29, 1.82) is 0 Å². The Bertz CT molecular complexity index is 657. The zero-order valence-corrected chi connectivity index (χ0v) is 11.8. The minimum absolute atomic E-state index is 0.221. The SMILES string of the molecule is Cc1nc(CN(C)C(=O)c2cc(F)cc(N)c2F)cs1. The number of nitrogens with two attached hydrogens (primary N) is 1. The van der Waals surface area contributed by atoms with Gasteiger partial charge in [-0.3, -0.25) is 4.79 Å². The Labute approximate surface area is 118 Å². The molecule has 0 aliphatic rings. The van der Waals surface area contributed by atoms with E-state index in [4.69, 9.17) is 5.73 Å². The molecule has 0 unspecified atom stereocenters. The summed E-state index contributed by atoms with van der Waals surface area (Å²) in [4.78, 5) is 17.6. The Balaban J connectivity index is 2.22. The lowest BCUT2D eigenvalue weighted by Gasteiger charge is -2.16. The number of hydrogen-bond donors (Lipinski definition) is 1. The van der Waals surface area contributed by atoms with Gasteiger partial charge in [-0.1, -0.05) is 0 Å². The summed E-state index contributed by atoms with van der Waals surface area (Å²) in [5.74, 6) is -2.29. The Morgan fingerprint density at radius 2 is 2.15 bits per heavy atom. The van der Waals surface area contributed by atoms with Crippen molar-refractivity contribution in [2.45, 2.75) is 13.5 Å². The van der Waals surface area contributed by atoms with Crippen LogP contribution in [0.2, 0.25) is 0 Å². The molecular formula is C13H13F2N3OS. The summed E-state index contributed by atoms with van der Waals surface area (Å²) in [7, 11) is 1.50. The number of nitrogen functional groups attached to an aromatic ring is 1. The number of carbonyl (C=O) groups excluding carboxylic acids is 1. The number of thiazole rings is 1. The van der Waals surface area contributed by atoms with E-state index in [-0.39, 0.29) is 17.8 Å². The van der Waals surface area contributed by atoms with Crippen molar-refractivity contribution in [1.82, 2.24) is 9.88 Å². The quantitative estimate of drug-likeness (QED) is 0.886. The van der Waals surface area contributed by atoms with Gasteiger partial charge in [-0.2, -0.15) is 0 Å². The predicted octanol–water partition coefficient (Wildman–Crippen LogP) is 2.58. The summed E-state index contributed by atoms with van der Waals surface area (Å²) >= 11 is 1.46. The number of hydrogen-bond acceptors (Lipinski definition) is 4. The summed E-state index contributed by atoms with van der Waals surface area (Å²) in [6.07, 6.45) is 0. The van der Waals surface area contributed by atoms with Crippen molar-refractivity contribution in [2.24, 2.45) is 0 Å². The summed E-state index contributed by atoms with van der Waals surface area (Å²) in [5.41, 5.74) is 5.26. The van der Waals surface area contributed by atoms with Crippen molar-refractivity contribution in [3.05, 3.63) is 45.4 Å². The van der Waals surface area contributed by atoms with Gasteiger partial charge in [-0.05, 0) is 19.1 Å². The van der Waals surface area contributed by atoms with Gasteiger partial charge in [0.05, 0.1) is 28.5 Å². The third kappa shape index (κ3) is 2.93. The third-order valence-corrected chi connectivity index (χ3v) is 3.53. The van der Waals surface area contributed by atoms with Crippen LogP contribution >= 0.6 is 11.3 Å². The summed E-state index contributed by atoms with van der Waals surface area (Å²) in [5, 5.41) is 2.69. The lowest BCUT2D eigenvalue weighted by molar-refractivity contribution is 0.0778. The molecule has 0 saturated carbocycles. The number of benzene rings is 1. The molecule has 1 aromatic carbocycles. The first kappa shape index (κ1) is 14.4. The van der Waals surface area contributed by atoms with E-state index in [0.717, 1.165) is 17.1 Å². The van der Waals surface area contributed by atoms with E-state index in [1.807, 2.05) is 12.3 Å². The molecule has 20 heavy (non-hydrogen) atoms. The van der Waals surface area contributed by atoms with Crippen LogP contribution < -0.4 is 5.73 Å². The fourth-order valence-electron chi connectivity index (χ4n) is 1.77. The molecular weight excluding hydrogens is 284 g/mol. The van der Waals surface area contributed by atoms with Crippen molar-refractivity contribution < 1.29 is 13.6 Å². The number of amides is 1. The van der Waals surface area contributed by atoms with Gasteiger partial charge in [-0.25, -0.2) is 13.8 Å². The fourth-order valence-corrected chi connectivity index (χ4v) is 2.37. The molecule has 0 radical (unpaired) electrons. The molecule has 2 rings (SSSR count). The molecule has 0 atom stereocenters. The molecule has 0 fully saturated rings. The molecule has 1 heterocycles. The monoisotopic (exact) mass is 297 g/mol. The van der Waals surface area contributed by atoms with E-state index in [2.05, 4.69) is 4.98 Å². The van der Waals surface area contributed by atoms with Crippen molar-refractivity contribution in [3.63, 3.8) is 0 Å². The van der Waals surface area contributed by atoms with Crippen molar-refractivity contribution in [2.75, 3.05) is 12.8 Å². The van der Waals surface area contributed by atoms with E-state index >= 15 is 0 Å². The molecule has 7 heteroatoms. The van der Waals surface area contributed by atoms with E-state index in [0.29, 0.717) is 5.69 Å². The smallest absolute Gasteiger partial charge is 0.257 e. The molecule has 0 spiro atoms. The van der Waals surface area contributed by atoms with Gasteiger partial charge in [0.2, 0.25) is 0 Å². The third-order valence-electron chi connectivity index (χ3n) is 2.71. The number of anilines is 1. The molecule has 1 amide bonds. The zero-order valence-electron chi connectivity index (χ0n) is 11.0. The normalized spacial score (nSPS) is 10.6. The highest BCUT2D eigenvalue weighted by Crippen LogP contribution is 2.19. The van der Waals surface area contributed by atoms with Gasteiger partial charge >= 0.3 is 0 Å². The Morgan fingerprint density at radius 1 is 1.45 bits per heavy atom. The molecule has 2 N–H and O–H groups in total. The molecule has 106 valence electrons. The Hall–Kier alpha value is -2.02. The first-order valence-corrected chi connectivity index (χ1v) is 6.67. The number of aromatic nitrogens is 1. The van der Waals surface area contributed by atoms with Crippen LogP contribution in [-0.2, 0) is 6.54 Å². The van der Waals surface area contributed by atoms with Crippen LogP contribution in [0.1, 0.15) is 21.1 Å². The lowest BCUT2D eigenvalue weighted by atomic mass is 10.1. The topological polar surface area (TPSA) is 59.2 Å². The molecule has 0 aliphatic heterocycles. The van der Waals surface area contributed by atoms with Gasteiger partial charge in [0.1, 0.15) is 5.82 Å². The summed E-state index contributed by atoms with van der Waals surface area (Å²) < 4.78 is 27.0. The number of carbonyl (C=O) groups is 1. The van der Waals surface area contributed by atoms with Gasteiger partial charge in [0.25, 0.3) is 5.91 Å². The molecule has 4 nitrogen and oxygen atoms in total. The Kier molecular flexibility index (Phi) is 3.99. The van der Waals surface area contributed by atoms with Crippen LogP contribution in [0.5, 0.6) is 0 Å². The first-order valence-electron chi connectivity index (χ1n) is 5.79. The van der Waals surface area contributed by atoms with Crippen LogP contribution in [-0.4, -0.2) is 22.8 Å². The molecule has 2 aromatic rings. The zero-order chi connectivity index (χ0) is 14.9. The van der Waals surface area contributed by atoms with E-state index in [1.54, 1.807) is 0 Å². The maximum absolute atomic E-state index is 13.8. The number of nitrogens with zero attached hydrogens (tertiary/aromatic N) is 2. The van der Waals surface area contributed by atoms with Crippen LogP contribution in [0.25, 0.3) is 0 Å². The Morgan fingerprint density at radius 3 is 2.75 bits per heavy atom. The van der Waals surface area contributed by atoms with Gasteiger partial charge < -0.3 is 10.6 Å². The average molecular weight is 297 g/mol. The highest BCUT2D eigenvalue weighted by atomic mass is 32.1. The van der Waals surface area contributed by atoms with Crippen LogP contribution in [0.3, 0.4) is 0 Å². The highest BCUT2D eigenvalue weighted by Gasteiger charge is 2.20. The second-order valence-corrected chi connectivity index (χ2v) is 5.44. The fraction of sp³-hybridized carbons (Fsp3) is 0.231. The molecule has 0 saturated heterocycles. The van der Waals surface area contributed by atoms with E-state index in [9.17, 15) is 13.6 Å². The van der Waals surface area contributed by atoms with Gasteiger partial charge in [-0.15, -0.1) is 11.3 Å². The maximum atomic E-state index is 13.8. The predicted molar refractivity (Wildman–Crippen MR) is 73.4 cm³/mol. The van der Waals surface area contributed by atoms with Gasteiger partial charge in [0.15, 0.2) is 5.82 Å². The van der Waals surface area contributed by atoms with Crippen molar-refractivity contribution in [3.8, 4) is 0 Å². The minimum Gasteiger partial charge on any atom is -0.396 e. The largest absolute Gasteiger partial charge is 0.396 e. The molecule has 1 aromatic heterocycles. The van der Waals surface area contributed by atoms with Gasteiger partial charge in [0, 0.05) is 12.4 Å². The second kappa shape index (κ2) is 5.54. The summed E-state index contributed by atoms with van der Waals surface area (Å²) in [6.45, 7) is 2.07. The van der Waals surface area contributed by atoms with E-state index < -0.39 is 17.5 Å². The molecule has 0 bridgehead atoms. The lowest BCUT2D eigenvalue weighted by Crippen LogP contribution is -2.27. The molecule has 0 aliphatic carbocycles. The standard InChI is InChI=1S/C13H13F2N3OS/c1-7-17-9(6-20-7)5-18(2)13(19)10-3-8(14)4-11(16)12(10)15/h3-4,6H,5,16H2,1-2H3. The van der Waals surface area contributed by atoms with Crippen molar-refractivity contribution >= 4 is 22.9 Å². The minimum atomic E-state index is -0.905. The van der Waals surface area contributed by atoms with E-state index in [1.165, 1.54) is 23.3 Å². The maximum Gasteiger partial charge on any atom is 0.257 e. The van der Waals surface area contributed by atoms with Crippen LogP contribution in [0.15, 0.2) is 17.5 Å². The van der Waals surface area contributed by atoms with Crippen LogP contribution in [0.4, 0.5) is 14.5 Å². The highest BCUT2D eigenvalue weighted by molar-refractivity contribution is 7.09. The average Bonchev–Trinajstić information content (AvgIpc) is 2.78. The summed E-state index contributed by atoms with van der Waals surface area (Å²) in [6, 6.07) is 1.69.